The van der Waals surface area contributed by atoms with Crippen molar-refractivity contribution in [3.63, 3.8) is 0 Å². The Morgan fingerprint density at radius 2 is 1.12 bits per heavy atom. The van der Waals surface area contributed by atoms with E-state index in [1.807, 2.05) is 0 Å². The van der Waals surface area contributed by atoms with Gasteiger partial charge in [-0.15, -0.1) is 0 Å². The lowest BCUT2D eigenvalue weighted by atomic mass is 9.49. The fraction of sp³-hybridized carbons (Fsp3) is 0.870. The van der Waals surface area contributed by atoms with Crippen molar-refractivity contribution in [2.24, 2.45) is 35.5 Å². The standard InChI is InChI=1S/C23H32N2/c1-2-25(23-12-18-6-19(13-23)8-20(7-18)14-23)21(24-1)22-9-15-3-16(10-22)5-17(4-15)11-22/h1-2,15-20H,3-14H2/p+1. The molecule has 8 bridgehead atoms. The molecule has 2 heteroatoms. The summed E-state index contributed by atoms with van der Waals surface area (Å²) in [4.78, 5) is 3.85. The van der Waals surface area contributed by atoms with Crippen molar-refractivity contribution >= 4 is 0 Å². The highest BCUT2D eigenvalue weighted by Crippen LogP contribution is 2.61. The van der Waals surface area contributed by atoms with E-state index >= 15 is 0 Å². The van der Waals surface area contributed by atoms with Gasteiger partial charge in [-0.05, 0) is 113 Å². The zero-order valence-corrected chi connectivity index (χ0v) is 15.6. The van der Waals surface area contributed by atoms with E-state index in [0.29, 0.717) is 11.0 Å². The third-order valence-corrected chi connectivity index (χ3v) is 9.74. The van der Waals surface area contributed by atoms with Crippen LogP contribution in [0.5, 0.6) is 0 Å². The van der Waals surface area contributed by atoms with Crippen molar-refractivity contribution < 1.29 is 4.57 Å². The van der Waals surface area contributed by atoms with Crippen LogP contribution < -0.4 is 4.57 Å². The van der Waals surface area contributed by atoms with Gasteiger partial charge in [-0.25, -0.2) is 9.55 Å². The molecule has 2 nitrogen and oxygen atoms in total. The second kappa shape index (κ2) is 4.54. The fourth-order valence-corrected chi connectivity index (χ4v) is 9.90. The molecule has 0 saturated heterocycles. The number of nitrogens with one attached hydrogen (secondary N) is 1. The molecule has 8 fully saturated rings. The highest BCUT2D eigenvalue weighted by molar-refractivity contribution is 5.15. The van der Waals surface area contributed by atoms with Crippen LogP contribution in [0.4, 0.5) is 0 Å². The highest BCUT2D eigenvalue weighted by atomic mass is 15.2. The predicted octanol–water partition coefficient (Wildman–Crippen LogP) is 4.70. The summed E-state index contributed by atoms with van der Waals surface area (Å²) in [5.41, 5.74) is 1.01. The average molecular weight is 338 g/mol. The Bertz CT molecular complexity index is 584. The minimum Gasteiger partial charge on any atom is -0.247 e. The Balaban J connectivity index is 1.33. The van der Waals surface area contributed by atoms with Crippen LogP contribution in [0.2, 0.25) is 0 Å². The first-order chi connectivity index (χ1) is 12.2. The maximum absolute atomic E-state index is 3.85. The Hall–Kier alpha value is -0.790. The molecule has 0 aromatic carbocycles. The van der Waals surface area contributed by atoms with Crippen molar-refractivity contribution in [3.8, 4) is 0 Å². The van der Waals surface area contributed by atoms with E-state index < -0.39 is 0 Å². The van der Waals surface area contributed by atoms with Crippen molar-refractivity contribution in [3.05, 3.63) is 18.2 Å². The first-order valence-electron chi connectivity index (χ1n) is 11.3. The van der Waals surface area contributed by atoms with Crippen LogP contribution in [0.15, 0.2) is 12.4 Å². The van der Waals surface area contributed by atoms with Crippen LogP contribution in [0.1, 0.15) is 82.9 Å². The third kappa shape index (κ3) is 1.85. The van der Waals surface area contributed by atoms with E-state index in [-0.39, 0.29) is 0 Å². The Kier molecular flexibility index (Phi) is 2.60. The number of aromatic nitrogens is 2. The zero-order valence-electron chi connectivity index (χ0n) is 15.6. The van der Waals surface area contributed by atoms with Gasteiger partial charge in [0.2, 0.25) is 0 Å². The van der Waals surface area contributed by atoms with Crippen LogP contribution in [-0.4, -0.2) is 4.98 Å². The van der Waals surface area contributed by atoms with Gasteiger partial charge in [0, 0.05) is 0 Å². The quantitative estimate of drug-likeness (QED) is 0.755. The van der Waals surface area contributed by atoms with Gasteiger partial charge >= 0.3 is 0 Å². The molecule has 0 aliphatic heterocycles. The number of imidazole rings is 1. The van der Waals surface area contributed by atoms with E-state index in [0.717, 1.165) is 35.5 Å². The SMILES string of the molecule is c1c[n+](C23CC4CC(CC(C4)C2)C3)c(C23CC4CC(CC(C4)C2)C3)[nH]1. The Morgan fingerprint density at radius 3 is 1.60 bits per heavy atom. The van der Waals surface area contributed by atoms with Crippen molar-refractivity contribution in [2.75, 3.05) is 0 Å². The normalized spacial score (nSPS) is 55.2. The highest BCUT2D eigenvalue weighted by Gasteiger charge is 2.60. The number of nitrogens with zero attached hydrogens (tertiary/aromatic N) is 1. The summed E-state index contributed by atoms with van der Waals surface area (Å²) in [7, 11) is 0. The van der Waals surface area contributed by atoms with E-state index in [4.69, 9.17) is 0 Å². The number of hydrogen-bond donors (Lipinski definition) is 1. The van der Waals surface area contributed by atoms with E-state index in [2.05, 4.69) is 21.9 Å². The van der Waals surface area contributed by atoms with Crippen LogP contribution >= 0.6 is 0 Å². The largest absolute Gasteiger partial charge is 0.260 e. The summed E-state index contributed by atoms with van der Waals surface area (Å²) in [5.74, 6) is 7.92. The summed E-state index contributed by atoms with van der Waals surface area (Å²) in [6.07, 6.45) is 23.0. The van der Waals surface area contributed by atoms with Crippen LogP contribution in [-0.2, 0) is 11.0 Å². The van der Waals surface area contributed by atoms with Gasteiger partial charge in [-0.2, -0.15) is 0 Å². The first kappa shape index (κ1) is 14.3. The number of aromatic amines is 1. The van der Waals surface area contributed by atoms with E-state index in [9.17, 15) is 0 Å². The first-order valence-corrected chi connectivity index (χ1v) is 11.3. The van der Waals surface area contributed by atoms with E-state index in [1.165, 1.54) is 38.5 Å². The summed E-state index contributed by atoms with van der Waals surface area (Å²) in [6, 6.07) is 0. The Labute approximate surface area is 151 Å². The van der Waals surface area contributed by atoms with Crippen LogP contribution in [0.25, 0.3) is 0 Å². The van der Waals surface area contributed by atoms with Gasteiger partial charge in [0.05, 0.1) is 5.41 Å². The number of rotatable bonds is 2. The minimum absolute atomic E-state index is 0.493. The number of H-pyrrole nitrogens is 1. The predicted molar refractivity (Wildman–Crippen MR) is 97.0 cm³/mol. The molecular weight excluding hydrogens is 304 g/mol. The van der Waals surface area contributed by atoms with Gasteiger partial charge in [0.15, 0.2) is 0 Å². The Morgan fingerprint density at radius 1 is 0.680 bits per heavy atom. The molecule has 9 rings (SSSR count). The second-order valence-electron chi connectivity index (χ2n) is 11.5. The summed E-state index contributed by atoms with van der Waals surface area (Å²) in [5, 5.41) is 0. The zero-order chi connectivity index (χ0) is 16.2. The lowest BCUT2D eigenvalue weighted by molar-refractivity contribution is -0.785. The molecule has 0 unspecified atom stereocenters. The second-order valence-corrected chi connectivity index (χ2v) is 11.5. The van der Waals surface area contributed by atoms with Gasteiger partial charge in [-0.1, -0.05) is 0 Å². The molecule has 1 aromatic heterocycles. The lowest BCUT2D eigenvalue weighted by Crippen LogP contribution is -2.68. The molecule has 0 spiro atoms. The maximum Gasteiger partial charge on any atom is 0.260 e. The van der Waals surface area contributed by atoms with Crippen molar-refractivity contribution in [1.29, 1.82) is 0 Å². The maximum atomic E-state index is 3.85. The van der Waals surface area contributed by atoms with Gasteiger partial charge < -0.3 is 0 Å². The van der Waals surface area contributed by atoms with Gasteiger partial charge in [0.25, 0.3) is 5.82 Å². The summed E-state index contributed by atoms with van der Waals surface area (Å²) < 4.78 is 2.87. The van der Waals surface area contributed by atoms with Crippen LogP contribution in [0.3, 0.4) is 0 Å². The van der Waals surface area contributed by atoms with Gasteiger partial charge in [-0.3, -0.25) is 0 Å². The fourth-order valence-electron chi connectivity index (χ4n) is 9.90. The summed E-state index contributed by atoms with van der Waals surface area (Å²) in [6.45, 7) is 0. The minimum atomic E-state index is 0.493. The monoisotopic (exact) mass is 337 g/mol. The molecule has 0 amide bonds. The molecule has 0 atom stereocenters. The average Bonchev–Trinajstić information content (AvgIpc) is 3.03. The number of hydrogen-bond acceptors (Lipinski definition) is 0. The molecule has 8 aliphatic rings. The summed E-state index contributed by atoms with van der Waals surface area (Å²) >= 11 is 0. The van der Waals surface area contributed by atoms with Gasteiger partial charge in [0.1, 0.15) is 17.9 Å². The molecule has 1 aromatic rings. The molecular formula is C23H33N2+. The molecule has 25 heavy (non-hydrogen) atoms. The van der Waals surface area contributed by atoms with Crippen molar-refractivity contribution in [2.45, 2.75) is 88.0 Å². The molecule has 1 N–H and O–H groups in total. The molecule has 134 valence electrons. The van der Waals surface area contributed by atoms with Crippen LogP contribution in [0, 0.1) is 35.5 Å². The molecule has 8 saturated carbocycles. The third-order valence-electron chi connectivity index (χ3n) is 9.74. The molecule has 0 radical (unpaired) electrons. The van der Waals surface area contributed by atoms with Crippen molar-refractivity contribution in [1.82, 2.24) is 4.98 Å². The smallest absolute Gasteiger partial charge is 0.247 e. The molecule has 8 aliphatic carbocycles. The molecule has 1 heterocycles. The van der Waals surface area contributed by atoms with E-state index in [1.54, 1.807) is 44.3 Å². The lowest BCUT2D eigenvalue weighted by Gasteiger charge is -2.57. The topological polar surface area (TPSA) is 19.7 Å².